The molecule has 0 fully saturated rings. The van der Waals surface area contributed by atoms with Gasteiger partial charge in [0.15, 0.2) is 0 Å². The second kappa shape index (κ2) is 19.7. The number of pyridine rings is 1. The smallest absolute Gasteiger partial charge is 0.324 e. The van der Waals surface area contributed by atoms with E-state index in [1.54, 1.807) is 62.7 Å². The van der Waals surface area contributed by atoms with Crippen molar-refractivity contribution in [2.75, 3.05) is 71.6 Å². The van der Waals surface area contributed by atoms with Gasteiger partial charge in [0.1, 0.15) is 35.5 Å². The summed E-state index contributed by atoms with van der Waals surface area (Å²) in [6, 6.07) is 23.6. The summed E-state index contributed by atoms with van der Waals surface area (Å²) >= 11 is 0. The molecule has 2 amide bonds. The maximum atomic E-state index is 13.5. The first kappa shape index (κ1) is 41.3. The summed E-state index contributed by atoms with van der Waals surface area (Å²) in [5.74, 6) is 3.73. The summed E-state index contributed by atoms with van der Waals surface area (Å²) in [5.41, 5.74) is 2.69. The minimum absolute atomic E-state index is 0.265. The Labute approximate surface area is 337 Å². The first-order valence-corrected chi connectivity index (χ1v) is 18.8. The lowest BCUT2D eigenvalue weighted by molar-refractivity contribution is 0.0179. The summed E-state index contributed by atoms with van der Waals surface area (Å²) in [5, 5.41) is 12.3. The molecule has 3 heterocycles. The molecule has 0 aliphatic rings. The third-order valence-electron chi connectivity index (χ3n) is 8.76. The standard InChI is InChI=1S/C43H49N7O8/c1-43(2,3)37-27-39(50(49-37)30-11-14-40(54-6)45-28-30)48-42(51)46-35-12-13-36(34-10-8-7-9-33(34)35)58-41-15-16-44-38(47-41)25-29-23-31(53-5)26-32(24-29)57-22-21-56-20-19-55-18-17-52-4/h7-16,23-24,26-28H,17-22,25H2,1-6H3,(H2,46,48,51). The predicted octanol–water partition coefficient (Wildman–Crippen LogP) is 7.61. The van der Waals surface area contributed by atoms with E-state index < -0.39 is 6.03 Å². The number of amides is 2. The number of hydrogen-bond donors (Lipinski definition) is 2. The molecule has 6 aromatic rings. The molecule has 0 saturated heterocycles. The lowest BCUT2D eigenvalue weighted by Gasteiger charge is -2.14. The SMILES string of the molecule is COCCOCCOCCOc1cc(Cc2nccc(Oc3ccc(NC(=O)Nc4cc(C(C)(C)C)nn4-c4ccc(OC)nc4)c4ccccc34)n2)cc(OC)c1. The number of hydrogen-bond acceptors (Lipinski definition) is 12. The number of nitrogens with zero attached hydrogens (tertiary/aromatic N) is 5. The monoisotopic (exact) mass is 791 g/mol. The zero-order chi connectivity index (χ0) is 40.9. The average molecular weight is 792 g/mol. The van der Waals surface area contributed by atoms with Crippen LogP contribution in [0.4, 0.5) is 16.3 Å². The van der Waals surface area contributed by atoms with E-state index in [0.29, 0.717) is 98.1 Å². The van der Waals surface area contributed by atoms with Crippen LogP contribution in [0.5, 0.6) is 29.0 Å². The van der Waals surface area contributed by atoms with Gasteiger partial charge in [-0.05, 0) is 35.9 Å². The highest BCUT2D eigenvalue weighted by molar-refractivity contribution is 6.07. The van der Waals surface area contributed by atoms with Crippen LogP contribution in [0.15, 0.2) is 91.3 Å². The van der Waals surface area contributed by atoms with Crippen molar-refractivity contribution in [1.29, 1.82) is 0 Å². The zero-order valence-electron chi connectivity index (χ0n) is 33.6. The molecule has 2 N–H and O–H groups in total. The highest BCUT2D eigenvalue weighted by atomic mass is 16.6. The average Bonchev–Trinajstić information content (AvgIpc) is 3.65. The van der Waals surface area contributed by atoms with E-state index in [4.69, 9.17) is 43.2 Å². The van der Waals surface area contributed by atoms with Gasteiger partial charge in [-0.3, -0.25) is 5.32 Å². The number of methoxy groups -OCH3 is 3. The first-order valence-electron chi connectivity index (χ1n) is 18.8. The minimum atomic E-state index is -0.443. The maximum Gasteiger partial charge on any atom is 0.324 e. The fraction of sp³-hybridized carbons (Fsp3) is 0.326. The number of nitrogens with one attached hydrogen (secondary N) is 2. The number of benzene rings is 3. The number of carbonyl (C=O) groups excluding carboxylic acids is 1. The van der Waals surface area contributed by atoms with Gasteiger partial charge >= 0.3 is 6.03 Å². The van der Waals surface area contributed by atoms with E-state index in [-0.39, 0.29) is 5.41 Å². The van der Waals surface area contributed by atoms with Gasteiger partial charge < -0.3 is 38.5 Å². The Morgan fingerprint density at radius 3 is 2.22 bits per heavy atom. The van der Waals surface area contributed by atoms with Crippen LogP contribution in [-0.4, -0.2) is 91.7 Å². The maximum absolute atomic E-state index is 13.5. The van der Waals surface area contributed by atoms with Crippen LogP contribution in [0.1, 0.15) is 37.9 Å². The number of fused-ring (bicyclic) bond motifs is 1. The second-order valence-electron chi connectivity index (χ2n) is 14.0. The first-order chi connectivity index (χ1) is 28.1. The van der Waals surface area contributed by atoms with Crippen LogP contribution in [0.25, 0.3) is 16.5 Å². The van der Waals surface area contributed by atoms with Crippen molar-refractivity contribution in [2.24, 2.45) is 0 Å². The number of aromatic nitrogens is 5. The molecule has 3 aromatic heterocycles. The fourth-order valence-electron chi connectivity index (χ4n) is 5.83. The second-order valence-corrected chi connectivity index (χ2v) is 14.0. The van der Waals surface area contributed by atoms with E-state index in [9.17, 15) is 4.79 Å². The highest BCUT2D eigenvalue weighted by Crippen LogP contribution is 2.35. The van der Waals surface area contributed by atoms with E-state index in [0.717, 1.165) is 22.0 Å². The van der Waals surface area contributed by atoms with Gasteiger partial charge in [-0.2, -0.15) is 10.1 Å². The van der Waals surface area contributed by atoms with Gasteiger partial charge in [0.05, 0.1) is 70.5 Å². The Morgan fingerprint density at radius 1 is 0.741 bits per heavy atom. The summed E-state index contributed by atoms with van der Waals surface area (Å²) < 4.78 is 40.7. The molecule has 58 heavy (non-hydrogen) atoms. The van der Waals surface area contributed by atoms with Gasteiger partial charge in [-0.1, -0.05) is 45.0 Å². The molecular weight excluding hydrogens is 743 g/mol. The van der Waals surface area contributed by atoms with Crippen molar-refractivity contribution in [1.82, 2.24) is 24.7 Å². The van der Waals surface area contributed by atoms with E-state index >= 15 is 0 Å². The molecule has 15 nitrogen and oxygen atoms in total. The molecule has 0 aliphatic carbocycles. The zero-order valence-corrected chi connectivity index (χ0v) is 33.6. The number of anilines is 2. The highest BCUT2D eigenvalue weighted by Gasteiger charge is 2.22. The Morgan fingerprint density at radius 2 is 1.50 bits per heavy atom. The van der Waals surface area contributed by atoms with Gasteiger partial charge in [-0.15, -0.1) is 0 Å². The number of ether oxygens (including phenoxy) is 7. The van der Waals surface area contributed by atoms with Gasteiger partial charge in [0.25, 0.3) is 0 Å². The third kappa shape index (κ3) is 11.2. The van der Waals surface area contributed by atoms with Crippen molar-refractivity contribution in [2.45, 2.75) is 32.6 Å². The van der Waals surface area contributed by atoms with Crippen LogP contribution in [0, 0.1) is 0 Å². The minimum Gasteiger partial charge on any atom is -0.497 e. The molecule has 3 aromatic carbocycles. The van der Waals surface area contributed by atoms with Crippen LogP contribution in [-0.2, 0) is 26.0 Å². The number of rotatable bonds is 19. The quantitative estimate of drug-likeness (QED) is 0.0774. The van der Waals surface area contributed by atoms with Crippen LogP contribution in [0.2, 0.25) is 0 Å². The van der Waals surface area contributed by atoms with Crippen molar-refractivity contribution in [3.8, 4) is 34.7 Å². The molecule has 0 spiro atoms. The Kier molecular flexibility index (Phi) is 14.1. The molecule has 6 rings (SSSR count). The van der Waals surface area contributed by atoms with E-state index in [1.807, 2.05) is 54.6 Å². The summed E-state index contributed by atoms with van der Waals surface area (Å²) in [6.45, 7) is 9.00. The van der Waals surface area contributed by atoms with Crippen molar-refractivity contribution in [3.63, 3.8) is 0 Å². The van der Waals surface area contributed by atoms with Crippen LogP contribution >= 0.6 is 0 Å². The summed E-state index contributed by atoms with van der Waals surface area (Å²) in [4.78, 5) is 27.1. The van der Waals surface area contributed by atoms with Crippen molar-refractivity contribution >= 4 is 28.3 Å². The molecule has 0 saturated carbocycles. The van der Waals surface area contributed by atoms with Gasteiger partial charge in [0, 0.05) is 60.2 Å². The topological polar surface area (TPSA) is 162 Å². The molecule has 0 atom stereocenters. The Bertz CT molecular complexity index is 2270. The molecule has 0 bridgehead atoms. The van der Waals surface area contributed by atoms with Crippen LogP contribution in [0.3, 0.4) is 0 Å². The predicted molar refractivity (Wildman–Crippen MR) is 220 cm³/mol. The molecule has 0 unspecified atom stereocenters. The summed E-state index contributed by atoms with van der Waals surface area (Å²) in [6.07, 6.45) is 3.71. The lowest BCUT2D eigenvalue weighted by Crippen LogP contribution is -2.21. The van der Waals surface area contributed by atoms with Crippen molar-refractivity contribution in [3.05, 3.63) is 108 Å². The van der Waals surface area contributed by atoms with Gasteiger partial charge in [0.2, 0.25) is 11.8 Å². The molecule has 0 aliphatic heterocycles. The fourth-order valence-corrected chi connectivity index (χ4v) is 5.83. The molecule has 304 valence electrons. The largest absolute Gasteiger partial charge is 0.497 e. The Hall–Kier alpha value is -6.29. The lowest BCUT2D eigenvalue weighted by atomic mass is 9.92. The van der Waals surface area contributed by atoms with Crippen LogP contribution < -0.4 is 29.6 Å². The van der Waals surface area contributed by atoms with E-state index in [2.05, 4.69) is 41.4 Å². The number of carbonyl (C=O) groups is 1. The molecule has 15 heteroatoms. The third-order valence-corrected chi connectivity index (χ3v) is 8.76. The molecular formula is C43H49N7O8. The van der Waals surface area contributed by atoms with E-state index in [1.165, 1.54) is 0 Å². The number of urea groups is 1. The molecule has 0 radical (unpaired) electrons. The Balaban J connectivity index is 1.12. The van der Waals surface area contributed by atoms with Gasteiger partial charge in [-0.25, -0.2) is 19.4 Å². The normalized spacial score (nSPS) is 11.3. The van der Waals surface area contributed by atoms with Crippen molar-refractivity contribution < 1.29 is 38.0 Å². The summed E-state index contributed by atoms with van der Waals surface area (Å²) in [7, 11) is 4.80.